The normalized spacial score (nSPS) is 33.0. The molecule has 0 bridgehead atoms. The van der Waals surface area contributed by atoms with Crippen molar-refractivity contribution in [2.45, 2.75) is 38.1 Å². The predicted molar refractivity (Wildman–Crippen MR) is 43.8 cm³/mol. The molecule has 0 aromatic heterocycles. The van der Waals surface area contributed by atoms with Gasteiger partial charge in [-0.15, -0.1) is 11.8 Å². The van der Waals surface area contributed by atoms with E-state index in [-0.39, 0.29) is 0 Å². The Kier molecular flexibility index (Phi) is 2.07. The summed E-state index contributed by atoms with van der Waals surface area (Å²) in [5.41, 5.74) is 0. The van der Waals surface area contributed by atoms with Gasteiger partial charge < -0.3 is 0 Å². The van der Waals surface area contributed by atoms with E-state index < -0.39 is 0 Å². The van der Waals surface area contributed by atoms with Gasteiger partial charge >= 0.3 is 0 Å². The molecular weight excluding hydrogens is 130 g/mol. The van der Waals surface area contributed by atoms with Crippen LogP contribution in [-0.2, 0) is 0 Å². The van der Waals surface area contributed by atoms with Gasteiger partial charge in [-0.3, -0.25) is 5.32 Å². The van der Waals surface area contributed by atoms with Gasteiger partial charge in [-0.25, -0.2) is 0 Å². The molecule has 1 atom stereocenters. The van der Waals surface area contributed by atoms with Gasteiger partial charge in [0.1, 0.15) is 0 Å². The molecule has 1 aliphatic rings. The minimum Gasteiger partial charge on any atom is -0.300 e. The Labute approximate surface area is 61.6 Å². The van der Waals surface area contributed by atoms with E-state index in [9.17, 15) is 0 Å². The van der Waals surface area contributed by atoms with Crippen molar-refractivity contribution in [3.8, 4) is 0 Å². The van der Waals surface area contributed by atoms with Crippen molar-refractivity contribution in [3.05, 3.63) is 0 Å². The summed E-state index contributed by atoms with van der Waals surface area (Å²) in [6.07, 6.45) is 1.26. The van der Waals surface area contributed by atoms with Crippen LogP contribution >= 0.6 is 11.8 Å². The Morgan fingerprint density at radius 1 is 1.67 bits per heavy atom. The van der Waals surface area contributed by atoms with Gasteiger partial charge in [-0.2, -0.15) is 0 Å². The Bertz CT molecular complexity index is 101. The number of hydrogen-bond donors (Lipinski definition) is 1. The van der Waals surface area contributed by atoms with Crippen LogP contribution in [0.25, 0.3) is 0 Å². The maximum atomic E-state index is 3.54. The lowest BCUT2D eigenvalue weighted by Crippen LogP contribution is -2.35. The molecule has 0 spiro atoms. The largest absolute Gasteiger partial charge is 0.300 e. The van der Waals surface area contributed by atoms with Crippen LogP contribution < -0.4 is 5.32 Å². The van der Waals surface area contributed by atoms with E-state index in [1.165, 1.54) is 12.2 Å². The summed E-state index contributed by atoms with van der Waals surface area (Å²) in [6.45, 7) is 6.72. The molecule has 1 aliphatic heterocycles. The molecule has 0 radical (unpaired) electrons. The van der Waals surface area contributed by atoms with Gasteiger partial charge in [-0.1, -0.05) is 6.92 Å². The van der Waals surface area contributed by atoms with E-state index in [0.29, 0.717) is 4.87 Å². The molecular formula is C7H15NS. The molecule has 0 amide bonds. The highest BCUT2D eigenvalue weighted by Gasteiger charge is 2.28. The number of rotatable bonds is 1. The second-order valence-electron chi connectivity index (χ2n) is 3.07. The average Bonchev–Trinajstić information content (AvgIpc) is 2.10. The van der Waals surface area contributed by atoms with Crippen molar-refractivity contribution < 1.29 is 0 Å². The summed E-state index contributed by atoms with van der Waals surface area (Å²) in [4.78, 5) is 0.334. The third-order valence-electron chi connectivity index (χ3n) is 1.69. The van der Waals surface area contributed by atoms with Crippen LogP contribution in [0.1, 0.15) is 27.2 Å². The summed E-state index contributed by atoms with van der Waals surface area (Å²) in [5.74, 6) is 1.28. The van der Waals surface area contributed by atoms with Crippen LogP contribution in [0.5, 0.6) is 0 Å². The topological polar surface area (TPSA) is 12.0 Å². The highest BCUT2D eigenvalue weighted by molar-refractivity contribution is 8.00. The minimum absolute atomic E-state index is 0.334. The van der Waals surface area contributed by atoms with Crippen molar-refractivity contribution in [2.24, 2.45) is 0 Å². The summed E-state index contributed by atoms with van der Waals surface area (Å²) < 4.78 is 0. The van der Waals surface area contributed by atoms with Gasteiger partial charge in [0.2, 0.25) is 0 Å². The van der Waals surface area contributed by atoms with Crippen LogP contribution in [-0.4, -0.2) is 16.7 Å². The summed E-state index contributed by atoms with van der Waals surface area (Å²) in [5, 5.41) is 3.54. The van der Waals surface area contributed by atoms with E-state index in [4.69, 9.17) is 0 Å². The van der Waals surface area contributed by atoms with Gasteiger partial charge in [0.15, 0.2) is 0 Å². The lowest BCUT2D eigenvalue weighted by molar-refractivity contribution is 0.483. The third kappa shape index (κ3) is 1.87. The van der Waals surface area contributed by atoms with E-state index in [1.807, 2.05) is 11.8 Å². The second-order valence-corrected chi connectivity index (χ2v) is 4.71. The van der Waals surface area contributed by atoms with Gasteiger partial charge in [0.25, 0.3) is 0 Å². The fourth-order valence-corrected chi connectivity index (χ4v) is 2.29. The Morgan fingerprint density at radius 2 is 2.33 bits per heavy atom. The van der Waals surface area contributed by atoms with Crippen molar-refractivity contribution in [1.82, 2.24) is 5.32 Å². The van der Waals surface area contributed by atoms with E-state index in [2.05, 4.69) is 26.1 Å². The first kappa shape index (κ1) is 7.42. The molecule has 1 saturated heterocycles. The van der Waals surface area contributed by atoms with Crippen LogP contribution in [0, 0.1) is 0 Å². The number of nitrogens with one attached hydrogen (secondary N) is 1. The monoisotopic (exact) mass is 145 g/mol. The van der Waals surface area contributed by atoms with Crippen LogP contribution in [0.3, 0.4) is 0 Å². The number of thioether (sulfide) groups is 1. The summed E-state index contributed by atoms with van der Waals surface area (Å²) in [7, 11) is 0. The molecule has 1 nitrogen and oxygen atoms in total. The van der Waals surface area contributed by atoms with Gasteiger partial charge in [-0.05, 0) is 20.3 Å². The van der Waals surface area contributed by atoms with Crippen molar-refractivity contribution >= 4 is 11.8 Å². The minimum atomic E-state index is 0.334. The smallest absolute Gasteiger partial charge is 0.0591 e. The summed E-state index contributed by atoms with van der Waals surface area (Å²) in [6, 6.07) is 0.755. The van der Waals surface area contributed by atoms with Crippen molar-refractivity contribution in [3.63, 3.8) is 0 Å². The molecule has 0 saturated carbocycles. The van der Waals surface area contributed by atoms with Crippen LogP contribution in [0.4, 0.5) is 0 Å². The maximum absolute atomic E-state index is 3.54. The average molecular weight is 145 g/mol. The fourth-order valence-electron chi connectivity index (χ4n) is 1.10. The lowest BCUT2D eigenvalue weighted by atomic mass is 10.2. The van der Waals surface area contributed by atoms with Crippen LogP contribution in [0.2, 0.25) is 0 Å². The van der Waals surface area contributed by atoms with Crippen molar-refractivity contribution in [1.29, 1.82) is 0 Å². The van der Waals surface area contributed by atoms with E-state index in [1.54, 1.807) is 0 Å². The number of hydrogen-bond acceptors (Lipinski definition) is 2. The molecule has 2 heteroatoms. The van der Waals surface area contributed by atoms with Crippen LogP contribution in [0.15, 0.2) is 0 Å². The van der Waals surface area contributed by atoms with E-state index in [0.717, 1.165) is 6.04 Å². The first-order chi connectivity index (χ1) is 4.14. The highest BCUT2D eigenvalue weighted by atomic mass is 32.2. The maximum Gasteiger partial charge on any atom is 0.0591 e. The Morgan fingerprint density at radius 3 is 2.56 bits per heavy atom. The molecule has 1 unspecified atom stereocenters. The highest BCUT2D eigenvalue weighted by Crippen LogP contribution is 2.29. The third-order valence-corrected chi connectivity index (χ3v) is 3.10. The fraction of sp³-hybridized carbons (Fsp3) is 1.00. The molecule has 9 heavy (non-hydrogen) atoms. The first-order valence-corrected chi connectivity index (χ1v) is 4.54. The molecule has 0 aromatic carbocycles. The lowest BCUT2D eigenvalue weighted by Gasteiger charge is -2.17. The SMILES string of the molecule is CCC1CSC(C)(C)N1. The molecule has 1 fully saturated rings. The molecule has 1 N–H and O–H groups in total. The molecule has 54 valence electrons. The van der Waals surface area contributed by atoms with Gasteiger partial charge in [0.05, 0.1) is 4.87 Å². The quantitative estimate of drug-likeness (QED) is 0.604. The zero-order valence-electron chi connectivity index (χ0n) is 6.40. The molecule has 1 rings (SSSR count). The Balaban J connectivity index is 2.38. The summed E-state index contributed by atoms with van der Waals surface area (Å²) >= 11 is 2.02. The molecule has 1 heterocycles. The Hall–Kier alpha value is 0.310. The standard InChI is InChI=1S/C7H15NS/c1-4-6-5-9-7(2,3)8-6/h6,8H,4-5H2,1-3H3. The van der Waals surface area contributed by atoms with E-state index >= 15 is 0 Å². The second kappa shape index (κ2) is 2.51. The predicted octanol–water partition coefficient (Wildman–Crippen LogP) is 1.84. The van der Waals surface area contributed by atoms with Crippen molar-refractivity contribution in [2.75, 3.05) is 5.75 Å². The first-order valence-electron chi connectivity index (χ1n) is 3.56. The molecule has 0 aliphatic carbocycles. The molecule has 0 aromatic rings. The zero-order valence-corrected chi connectivity index (χ0v) is 7.22. The van der Waals surface area contributed by atoms with Gasteiger partial charge in [0, 0.05) is 11.8 Å². The zero-order chi connectivity index (χ0) is 6.91.